The van der Waals surface area contributed by atoms with Crippen molar-refractivity contribution in [1.29, 1.82) is 0 Å². The Labute approximate surface area is 298 Å². The van der Waals surface area contributed by atoms with E-state index < -0.39 is 5.66 Å². The lowest BCUT2D eigenvalue weighted by Gasteiger charge is -2.30. The van der Waals surface area contributed by atoms with E-state index in [2.05, 4.69) is 167 Å². The minimum atomic E-state index is -0.707. The Kier molecular flexibility index (Phi) is 4.56. The van der Waals surface area contributed by atoms with Gasteiger partial charge in [-0.3, -0.25) is 0 Å². The molecule has 0 N–H and O–H groups in total. The van der Waals surface area contributed by atoms with Crippen LogP contribution in [0.3, 0.4) is 0 Å². The van der Waals surface area contributed by atoms with Crippen LogP contribution < -0.4 is 13.9 Å². The number of hydrogen-bond acceptors (Lipinski definition) is 1. The normalized spacial score (nSPS) is 14.5. The number of hydrogen-bond donors (Lipinski definition) is 0. The Morgan fingerprint density at radius 2 is 0.885 bits per heavy atom. The summed E-state index contributed by atoms with van der Waals surface area (Å²) < 4.78 is 17.3. The maximum absolute atomic E-state index is 7.03. The lowest BCUT2D eigenvalue weighted by molar-refractivity contribution is -0.944. The van der Waals surface area contributed by atoms with E-state index in [1.165, 1.54) is 111 Å². The summed E-state index contributed by atoms with van der Waals surface area (Å²) in [7, 11) is 0. The van der Waals surface area contributed by atoms with Gasteiger partial charge >= 0.3 is 5.66 Å². The molecule has 0 aliphatic carbocycles. The molecule has 10 aromatic rings. The number of rotatable bonds is 2. The summed E-state index contributed by atoms with van der Waals surface area (Å²) in [4.78, 5) is 0. The fourth-order valence-electron chi connectivity index (χ4n) is 10.7. The largest absolute Gasteiger partial charge is 0.456 e. The highest BCUT2D eigenvalue weighted by Crippen LogP contribution is 2.58. The summed E-state index contributed by atoms with van der Waals surface area (Å²) in [5.41, 5.74) is 16.6. The molecule has 0 unspecified atom stereocenters. The van der Waals surface area contributed by atoms with Gasteiger partial charge in [-0.05, 0) is 86.3 Å². The van der Waals surface area contributed by atoms with Crippen LogP contribution in [-0.2, 0) is 5.66 Å². The molecular formula is C47H32N4O+2. The van der Waals surface area contributed by atoms with E-state index in [1.807, 2.05) is 0 Å². The van der Waals surface area contributed by atoms with Crippen molar-refractivity contribution >= 4 is 54.6 Å². The zero-order valence-electron chi connectivity index (χ0n) is 29.2. The summed E-state index contributed by atoms with van der Waals surface area (Å²) in [6.07, 6.45) is 4.91. The number of aryl methyl sites for hydroxylation is 4. The Bertz CT molecular complexity index is 3110. The van der Waals surface area contributed by atoms with E-state index in [0.29, 0.717) is 0 Å². The zero-order chi connectivity index (χ0) is 34.4. The molecule has 5 heteroatoms. The standard InChI is InChI=1S/C47H32N4O/c1-25-11-9-12-26(2)39(25)35-23-48-45-41-31(29-15-5-7-17-33(29)50(35)45)19-21-37-43(41)47(48)44-38(52-37)22-20-32-30-16-6-8-18-34(30)51-36(24-49(47)46(51)42(32)44)40-27(3)13-10-14-28(40)4/h5-24H,1-4H3/q+2. The van der Waals surface area contributed by atoms with Crippen LogP contribution in [0.2, 0.25) is 0 Å². The molecule has 0 bridgehead atoms. The molecule has 0 saturated heterocycles. The Balaban J connectivity index is 1.33. The molecule has 0 fully saturated rings. The minimum Gasteiger partial charge on any atom is -0.456 e. The van der Waals surface area contributed by atoms with E-state index in [9.17, 15) is 0 Å². The van der Waals surface area contributed by atoms with Gasteiger partial charge in [-0.25, -0.2) is 0 Å². The first kappa shape index (κ1) is 27.3. The second-order valence-electron chi connectivity index (χ2n) is 15.2. The molecule has 0 amide bonds. The lowest BCUT2D eigenvalue weighted by Crippen LogP contribution is -2.71. The number of benzene rings is 6. The molecule has 1 spiro atoms. The molecule has 244 valence electrons. The van der Waals surface area contributed by atoms with Gasteiger partial charge in [0.05, 0.1) is 10.8 Å². The van der Waals surface area contributed by atoms with Crippen LogP contribution in [-0.4, -0.2) is 8.80 Å². The molecule has 7 heterocycles. The summed E-state index contributed by atoms with van der Waals surface area (Å²) in [5.74, 6) is 1.85. The fraction of sp³-hybridized carbons (Fsp3) is 0.106. The fourth-order valence-corrected chi connectivity index (χ4v) is 10.7. The molecule has 3 aliphatic heterocycles. The Morgan fingerprint density at radius 1 is 0.462 bits per heavy atom. The molecule has 6 aromatic carbocycles. The quantitative estimate of drug-likeness (QED) is 0.133. The van der Waals surface area contributed by atoms with Gasteiger partial charge in [0.25, 0.3) is 11.3 Å². The van der Waals surface area contributed by atoms with Crippen molar-refractivity contribution in [3.8, 4) is 34.0 Å². The van der Waals surface area contributed by atoms with Crippen LogP contribution in [0.1, 0.15) is 33.4 Å². The topological polar surface area (TPSA) is 25.8 Å². The molecular weight excluding hydrogens is 637 g/mol. The number of aromatic nitrogens is 4. The number of imidazole rings is 2. The van der Waals surface area contributed by atoms with Crippen LogP contribution in [0.5, 0.6) is 11.5 Å². The minimum absolute atomic E-state index is 0.707. The lowest BCUT2D eigenvalue weighted by atomic mass is 9.85. The number of para-hydroxylation sites is 2. The van der Waals surface area contributed by atoms with Crippen molar-refractivity contribution in [2.24, 2.45) is 0 Å². The first-order valence-electron chi connectivity index (χ1n) is 18.2. The smallest absolute Gasteiger partial charge is 0.315 e. The van der Waals surface area contributed by atoms with E-state index in [0.717, 1.165) is 11.5 Å². The first-order chi connectivity index (χ1) is 25.5. The number of nitrogens with zero attached hydrogens (tertiary/aromatic N) is 4. The van der Waals surface area contributed by atoms with Gasteiger partial charge < -0.3 is 4.74 Å². The van der Waals surface area contributed by atoms with Gasteiger partial charge in [0, 0.05) is 32.7 Å². The van der Waals surface area contributed by atoms with E-state index >= 15 is 0 Å². The van der Waals surface area contributed by atoms with Crippen molar-refractivity contribution in [2.75, 3.05) is 0 Å². The van der Waals surface area contributed by atoms with Crippen LogP contribution in [0.4, 0.5) is 0 Å². The SMILES string of the molecule is Cc1cccc(C)c1-c1c[n+]2c3c4c5c(ccc4c4ccccc4n13)Oc1ccc3c4ccccc4n4c(-c6c(C)cccc6C)c[n+]6c4c3c1C526. The van der Waals surface area contributed by atoms with Gasteiger partial charge in [0.15, 0.2) is 11.4 Å². The Morgan fingerprint density at radius 3 is 1.33 bits per heavy atom. The van der Waals surface area contributed by atoms with Crippen molar-refractivity contribution < 1.29 is 13.9 Å². The van der Waals surface area contributed by atoms with Crippen LogP contribution in [0, 0.1) is 27.7 Å². The van der Waals surface area contributed by atoms with Crippen molar-refractivity contribution in [2.45, 2.75) is 33.4 Å². The third kappa shape index (κ3) is 2.74. The third-order valence-electron chi connectivity index (χ3n) is 12.6. The summed E-state index contributed by atoms with van der Waals surface area (Å²) >= 11 is 0. The van der Waals surface area contributed by atoms with Crippen LogP contribution >= 0.6 is 0 Å². The van der Waals surface area contributed by atoms with E-state index in [1.54, 1.807) is 0 Å². The third-order valence-corrected chi connectivity index (χ3v) is 12.6. The van der Waals surface area contributed by atoms with Crippen LogP contribution in [0.15, 0.2) is 122 Å². The monoisotopic (exact) mass is 668 g/mol. The molecule has 0 saturated carbocycles. The zero-order valence-corrected chi connectivity index (χ0v) is 29.2. The number of pyridine rings is 2. The van der Waals surface area contributed by atoms with Crippen LogP contribution in [0.25, 0.3) is 77.2 Å². The second-order valence-corrected chi connectivity index (χ2v) is 15.2. The predicted molar refractivity (Wildman–Crippen MR) is 207 cm³/mol. The van der Waals surface area contributed by atoms with Gasteiger partial charge in [-0.2, -0.15) is 17.9 Å². The highest BCUT2D eigenvalue weighted by atomic mass is 16.5. The molecule has 3 aliphatic rings. The molecule has 13 rings (SSSR count). The molecule has 5 nitrogen and oxygen atoms in total. The molecule has 4 aromatic heterocycles. The van der Waals surface area contributed by atoms with E-state index in [4.69, 9.17) is 4.74 Å². The number of ether oxygens (including phenoxy) is 1. The van der Waals surface area contributed by atoms with Crippen molar-refractivity contribution in [1.82, 2.24) is 8.80 Å². The summed E-state index contributed by atoms with van der Waals surface area (Å²) in [6, 6.07) is 40.2. The van der Waals surface area contributed by atoms with Gasteiger partial charge in [0.2, 0.25) is 0 Å². The highest BCUT2D eigenvalue weighted by molar-refractivity contribution is 6.18. The summed E-state index contributed by atoms with van der Waals surface area (Å²) in [5, 5.41) is 7.51. The predicted octanol–water partition coefficient (Wildman–Crippen LogP) is 9.98. The second kappa shape index (κ2) is 8.70. The first-order valence-corrected chi connectivity index (χ1v) is 18.2. The number of fused-ring (bicyclic) bond motifs is 6. The Hall–Kier alpha value is -6.46. The van der Waals surface area contributed by atoms with E-state index in [-0.39, 0.29) is 0 Å². The van der Waals surface area contributed by atoms with Crippen molar-refractivity contribution in [3.63, 3.8) is 0 Å². The average Bonchev–Trinajstić information content (AvgIpc) is 3.89. The highest BCUT2D eigenvalue weighted by Gasteiger charge is 2.66. The molecule has 52 heavy (non-hydrogen) atoms. The summed E-state index contributed by atoms with van der Waals surface area (Å²) in [6.45, 7) is 8.98. The van der Waals surface area contributed by atoms with Gasteiger partial charge in [0.1, 0.15) is 46.1 Å². The maximum atomic E-state index is 7.03. The van der Waals surface area contributed by atoms with Gasteiger partial charge in [-0.15, -0.1) is 0 Å². The molecule has 0 radical (unpaired) electrons. The molecule has 0 atom stereocenters. The average molecular weight is 669 g/mol. The van der Waals surface area contributed by atoms with Gasteiger partial charge in [-0.1, -0.05) is 72.8 Å². The van der Waals surface area contributed by atoms with Crippen molar-refractivity contribution in [3.05, 3.63) is 155 Å². The maximum Gasteiger partial charge on any atom is 0.315 e.